The average Bonchev–Trinajstić information content (AvgIpc) is 3.45. The number of nitrogens with one attached hydrogen (secondary N) is 1. The van der Waals surface area contributed by atoms with Crippen LogP contribution in [0.2, 0.25) is 0 Å². The largest absolute Gasteiger partial charge is 0.405 e. The number of alkyl halides is 3. The summed E-state index contributed by atoms with van der Waals surface area (Å²) in [6.07, 6.45) is -0.148. The molecule has 1 aromatic rings. The summed E-state index contributed by atoms with van der Waals surface area (Å²) >= 11 is 0. The van der Waals surface area contributed by atoms with Gasteiger partial charge >= 0.3 is 6.18 Å². The van der Waals surface area contributed by atoms with Gasteiger partial charge in [0.2, 0.25) is 21.8 Å². The van der Waals surface area contributed by atoms with E-state index in [0.717, 1.165) is 24.8 Å². The third-order valence-electron chi connectivity index (χ3n) is 6.81. The highest BCUT2D eigenvalue weighted by Crippen LogP contribution is 2.30. The van der Waals surface area contributed by atoms with Crippen LogP contribution < -0.4 is 5.32 Å². The van der Waals surface area contributed by atoms with E-state index in [9.17, 15) is 31.2 Å². The van der Waals surface area contributed by atoms with Crippen molar-refractivity contribution in [3.63, 3.8) is 0 Å². The van der Waals surface area contributed by atoms with Gasteiger partial charge in [-0.2, -0.15) is 17.5 Å². The Balaban J connectivity index is 1.36. The fourth-order valence-corrected chi connectivity index (χ4v) is 6.56. The molecular formula is C22H28F3N3O4S. The van der Waals surface area contributed by atoms with Crippen molar-refractivity contribution in [2.75, 3.05) is 26.2 Å². The van der Waals surface area contributed by atoms with E-state index in [0.29, 0.717) is 32.2 Å². The van der Waals surface area contributed by atoms with Gasteiger partial charge in [-0.3, -0.25) is 9.59 Å². The SMILES string of the molecule is O=C(NCC(F)(F)F)C1CCCN1C(=O)C1CCN(S(=O)(=O)c2ccc3c(c2)CCC3)CC1. The van der Waals surface area contributed by atoms with Gasteiger partial charge in [0, 0.05) is 25.6 Å². The molecule has 2 fully saturated rings. The molecule has 182 valence electrons. The number of hydrogen-bond acceptors (Lipinski definition) is 4. The summed E-state index contributed by atoms with van der Waals surface area (Å²) in [6.45, 7) is -0.733. The fraction of sp³-hybridized carbons (Fsp3) is 0.636. The highest BCUT2D eigenvalue weighted by molar-refractivity contribution is 7.89. The fourth-order valence-electron chi connectivity index (χ4n) is 5.04. The van der Waals surface area contributed by atoms with E-state index in [-0.39, 0.29) is 23.9 Å². The third kappa shape index (κ3) is 5.18. The first-order valence-electron chi connectivity index (χ1n) is 11.3. The summed E-state index contributed by atoms with van der Waals surface area (Å²) in [5.74, 6) is -1.53. The van der Waals surface area contributed by atoms with Gasteiger partial charge in [0.15, 0.2) is 0 Å². The lowest BCUT2D eigenvalue weighted by molar-refractivity contribution is -0.146. The molecule has 0 aromatic heterocycles. The van der Waals surface area contributed by atoms with E-state index < -0.39 is 40.6 Å². The minimum atomic E-state index is -4.51. The first-order chi connectivity index (χ1) is 15.6. The molecule has 1 N–H and O–H groups in total. The number of piperidine rings is 1. The van der Waals surface area contributed by atoms with Crippen LogP contribution in [0.5, 0.6) is 0 Å². The number of nitrogens with zero attached hydrogens (tertiary/aromatic N) is 2. The number of benzene rings is 1. The molecule has 2 heterocycles. The monoisotopic (exact) mass is 487 g/mol. The molecule has 1 aliphatic carbocycles. The quantitative estimate of drug-likeness (QED) is 0.690. The smallest absolute Gasteiger partial charge is 0.345 e. The number of carbonyl (C=O) groups is 2. The highest BCUT2D eigenvalue weighted by Gasteiger charge is 2.40. The zero-order valence-electron chi connectivity index (χ0n) is 18.2. The van der Waals surface area contributed by atoms with Gasteiger partial charge in [0.25, 0.3) is 0 Å². The van der Waals surface area contributed by atoms with Crippen molar-refractivity contribution in [2.24, 2.45) is 5.92 Å². The maximum Gasteiger partial charge on any atom is 0.405 e. The van der Waals surface area contributed by atoms with Crippen LogP contribution in [0.1, 0.15) is 43.2 Å². The molecule has 3 aliphatic rings. The maximum absolute atomic E-state index is 13.1. The second kappa shape index (κ2) is 9.25. The first kappa shape index (κ1) is 24.0. The molecular weight excluding hydrogens is 459 g/mol. The molecule has 7 nitrogen and oxygen atoms in total. The number of sulfonamides is 1. The predicted octanol–water partition coefficient (Wildman–Crippen LogP) is 2.25. The minimum Gasteiger partial charge on any atom is -0.345 e. The van der Waals surface area contributed by atoms with Crippen LogP contribution in [-0.2, 0) is 32.5 Å². The molecule has 0 spiro atoms. The molecule has 1 atom stereocenters. The molecule has 4 rings (SSSR count). The zero-order valence-corrected chi connectivity index (χ0v) is 19.1. The summed E-state index contributed by atoms with van der Waals surface area (Å²) in [4.78, 5) is 26.9. The lowest BCUT2D eigenvalue weighted by Gasteiger charge is -2.34. The van der Waals surface area contributed by atoms with E-state index in [1.54, 1.807) is 12.1 Å². The molecule has 0 bridgehead atoms. The summed E-state index contributed by atoms with van der Waals surface area (Å²) in [7, 11) is -3.66. The molecule has 2 saturated heterocycles. The molecule has 1 aromatic carbocycles. The van der Waals surface area contributed by atoms with Crippen molar-refractivity contribution in [1.29, 1.82) is 0 Å². The van der Waals surface area contributed by atoms with Gasteiger partial charge in [0.1, 0.15) is 12.6 Å². The number of fused-ring (bicyclic) bond motifs is 1. The Morgan fingerprint density at radius 3 is 2.39 bits per heavy atom. The van der Waals surface area contributed by atoms with Gasteiger partial charge in [0.05, 0.1) is 4.90 Å². The maximum atomic E-state index is 13.1. The van der Waals surface area contributed by atoms with Crippen molar-refractivity contribution in [3.05, 3.63) is 29.3 Å². The van der Waals surface area contributed by atoms with Crippen molar-refractivity contribution in [3.8, 4) is 0 Å². The molecule has 2 amide bonds. The molecule has 11 heteroatoms. The second-order valence-electron chi connectivity index (χ2n) is 8.99. The number of hydrogen-bond donors (Lipinski definition) is 1. The Labute approximate surface area is 191 Å². The van der Waals surface area contributed by atoms with Crippen LogP contribution in [0, 0.1) is 5.92 Å². The lowest BCUT2D eigenvalue weighted by atomic mass is 9.96. The minimum absolute atomic E-state index is 0.189. The van der Waals surface area contributed by atoms with Gasteiger partial charge < -0.3 is 10.2 Å². The lowest BCUT2D eigenvalue weighted by Crippen LogP contribution is -2.51. The Kier molecular flexibility index (Phi) is 6.73. The number of aryl methyl sites for hydroxylation is 2. The van der Waals surface area contributed by atoms with Crippen molar-refractivity contribution in [2.45, 2.75) is 62.1 Å². The summed E-state index contributed by atoms with van der Waals surface area (Å²) in [6, 6.07) is 4.37. The van der Waals surface area contributed by atoms with Crippen LogP contribution >= 0.6 is 0 Å². The summed E-state index contributed by atoms with van der Waals surface area (Å²) in [5.41, 5.74) is 2.27. The highest BCUT2D eigenvalue weighted by atomic mass is 32.2. The average molecular weight is 488 g/mol. The van der Waals surface area contributed by atoms with E-state index in [1.807, 2.05) is 11.4 Å². The van der Waals surface area contributed by atoms with E-state index >= 15 is 0 Å². The van der Waals surface area contributed by atoms with Crippen LogP contribution in [0.25, 0.3) is 0 Å². The van der Waals surface area contributed by atoms with Gasteiger partial charge in [-0.05, 0) is 68.2 Å². The Morgan fingerprint density at radius 2 is 1.70 bits per heavy atom. The van der Waals surface area contributed by atoms with Crippen molar-refractivity contribution < 1.29 is 31.2 Å². The van der Waals surface area contributed by atoms with Gasteiger partial charge in [-0.1, -0.05) is 6.07 Å². The number of rotatable bonds is 5. The normalized spacial score (nSPS) is 22.4. The van der Waals surface area contributed by atoms with Crippen LogP contribution in [0.3, 0.4) is 0 Å². The zero-order chi connectivity index (χ0) is 23.8. The number of halogens is 3. The number of likely N-dealkylation sites (tertiary alicyclic amines) is 1. The van der Waals surface area contributed by atoms with E-state index in [2.05, 4.69) is 0 Å². The molecule has 1 unspecified atom stereocenters. The van der Waals surface area contributed by atoms with Crippen LogP contribution in [0.15, 0.2) is 23.1 Å². The second-order valence-corrected chi connectivity index (χ2v) is 10.9. The van der Waals surface area contributed by atoms with Gasteiger partial charge in [-0.15, -0.1) is 0 Å². The molecule has 0 saturated carbocycles. The number of amides is 2. The predicted molar refractivity (Wildman–Crippen MR) is 114 cm³/mol. The first-order valence-corrected chi connectivity index (χ1v) is 12.8. The Hall–Kier alpha value is -2.14. The van der Waals surface area contributed by atoms with Gasteiger partial charge in [-0.25, -0.2) is 8.42 Å². The third-order valence-corrected chi connectivity index (χ3v) is 8.71. The standard InChI is InChI=1S/C22H28F3N3O4S/c23-22(24,25)14-26-20(29)19-5-2-10-28(19)21(30)16-8-11-27(12-9-16)33(31,32)18-7-6-15-3-1-4-17(15)13-18/h6-7,13,16,19H,1-5,8-12,14H2,(H,26,29). The topological polar surface area (TPSA) is 86.8 Å². The molecule has 0 radical (unpaired) electrons. The van der Waals surface area contributed by atoms with E-state index in [4.69, 9.17) is 0 Å². The van der Waals surface area contributed by atoms with E-state index in [1.165, 1.54) is 14.8 Å². The Bertz CT molecular complexity index is 1020. The van der Waals surface area contributed by atoms with Crippen molar-refractivity contribution in [1.82, 2.24) is 14.5 Å². The van der Waals surface area contributed by atoms with Crippen molar-refractivity contribution >= 4 is 21.8 Å². The van der Waals surface area contributed by atoms with Crippen LogP contribution in [0.4, 0.5) is 13.2 Å². The Morgan fingerprint density at radius 1 is 1.00 bits per heavy atom. The molecule has 2 aliphatic heterocycles. The van der Waals surface area contributed by atoms with Crippen LogP contribution in [-0.4, -0.2) is 67.8 Å². The summed E-state index contributed by atoms with van der Waals surface area (Å²) in [5, 5.41) is 1.87. The summed E-state index contributed by atoms with van der Waals surface area (Å²) < 4.78 is 64.9. The molecule has 33 heavy (non-hydrogen) atoms. The number of carbonyl (C=O) groups excluding carboxylic acids is 2.